The molecule has 3 nitrogen and oxygen atoms in total. The van der Waals surface area contributed by atoms with E-state index in [-0.39, 0.29) is 5.97 Å². The van der Waals surface area contributed by atoms with Gasteiger partial charge in [-0.2, -0.15) is 0 Å². The second-order valence-electron chi connectivity index (χ2n) is 4.30. The van der Waals surface area contributed by atoms with Crippen LogP contribution in [-0.2, 0) is 9.53 Å². The van der Waals surface area contributed by atoms with Gasteiger partial charge in [0.1, 0.15) is 5.75 Å². The normalized spacial score (nSPS) is 11.8. The highest BCUT2D eigenvalue weighted by Gasteiger charge is 2.14. The number of esters is 1. The summed E-state index contributed by atoms with van der Waals surface area (Å²) in [6, 6.07) is 7.72. The maximum Gasteiger partial charge on any atom is 0.334 e. The molecule has 0 saturated heterocycles. The minimum absolute atomic E-state index is 0.210. The topological polar surface area (TPSA) is 35.5 Å². The average molecular weight is 262 g/mol. The van der Waals surface area contributed by atoms with Crippen LogP contribution in [0.15, 0.2) is 29.8 Å². The van der Waals surface area contributed by atoms with Crippen LogP contribution in [0.4, 0.5) is 0 Å². The zero-order chi connectivity index (χ0) is 14.3. The Morgan fingerprint density at radius 1 is 1.16 bits per heavy atom. The molecular formula is C16H22O3. The zero-order valence-corrected chi connectivity index (χ0v) is 12.2. The first-order valence-corrected chi connectivity index (χ1v) is 6.65. The molecule has 1 rings (SSSR count). The summed E-state index contributed by atoms with van der Waals surface area (Å²) in [5, 5.41) is 0. The van der Waals surface area contributed by atoms with E-state index in [0.29, 0.717) is 6.61 Å². The van der Waals surface area contributed by atoms with Crippen molar-refractivity contribution in [2.75, 3.05) is 13.7 Å². The molecule has 3 heteroatoms. The van der Waals surface area contributed by atoms with E-state index < -0.39 is 0 Å². The molecule has 0 aliphatic heterocycles. The van der Waals surface area contributed by atoms with E-state index in [1.165, 1.54) is 0 Å². The van der Waals surface area contributed by atoms with Crippen molar-refractivity contribution in [3.8, 4) is 5.75 Å². The largest absolute Gasteiger partial charge is 0.497 e. The van der Waals surface area contributed by atoms with Gasteiger partial charge in [0.25, 0.3) is 0 Å². The van der Waals surface area contributed by atoms with E-state index in [2.05, 4.69) is 6.92 Å². The molecule has 0 aliphatic carbocycles. The fourth-order valence-electron chi connectivity index (χ4n) is 1.93. The van der Waals surface area contributed by atoms with Gasteiger partial charge in [0.2, 0.25) is 0 Å². The molecule has 0 N–H and O–H groups in total. The van der Waals surface area contributed by atoms with E-state index in [4.69, 9.17) is 9.47 Å². The zero-order valence-electron chi connectivity index (χ0n) is 12.2. The molecule has 1 aromatic carbocycles. The summed E-state index contributed by atoms with van der Waals surface area (Å²) >= 11 is 0. The van der Waals surface area contributed by atoms with Gasteiger partial charge in [0.05, 0.1) is 13.7 Å². The Kier molecular flexibility index (Phi) is 6.13. The summed E-state index contributed by atoms with van der Waals surface area (Å²) in [6.45, 7) is 6.25. The first kappa shape index (κ1) is 15.3. The standard InChI is InChI=1S/C16H22O3/c1-5-7-15(16(17)19-6-2)12(3)13-8-10-14(18-4)11-9-13/h8-11H,5-7H2,1-4H3/b15-12+. The molecule has 0 aromatic heterocycles. The van der Waals surface area contributed by atoms with Gasteiger partial charge in [-0.3, -0.25) is 0 Å². The van der Waals surface area contributed by atoms with E-state index in [0.717, 1.165) is 35.3 Å². The van der Waals surface area contributed by atoms with Gasteiger partial charge in [-0.05, 0) is 43.5 Å². The lowest BCUT2D eigenvalue weighted by atomic mass is 9.98. The van der Waals surface area contributed by atoms with E-state index in [1.807, 2.05) is 38.1 Å². The third kappa shape index (κ3) is 4.12. The number of benzene rings is 1. The molecule has 0 atom stereocenters. The van der Waals surface area contributed by atoms with E-state index in [9.17, 15) is 4.79 Å². The van der Waals surface area contributed by atoms with E-state index in [1.54, 1.807) is 7.11 Å². The number of carbonyl (C=O) groups excluding carboxylic acids is 1. The Morgan fingerprint density at radius 3 is 2.26 bits per heavy atom. The van der Waals surface area contributed by atoms with Crippen molar-refractivity contribution in [2.45, 2.75) is 33.6 Å². The molecule has 0 bridgehead atoms. The molecule has 0 saturated carbocycles. The average Bonchev–Trinajstić information content (AvgIpc) is 2.44. The highest BCUT2D eigenvalue weighted by molar-refractivity contribution is 5.97. The third-order valence-corrected chi connectivity index (χ3v) is 3.00. The highest BCUT2D eigenvalue weighted by atomic mass is 16.5. The van der Waals surface area contributed by atoms with Gasteiger partial charge in [-0.25, -0.2) is 4.79 Å². The van der Waals surface area contributed by atoms with Crippen LogP contribution < -0.4 is 4.74 Å². The first-order chi connectivity index (χ1) is 9.13. The Labute approximate surface area is 115 Å². The molecule has 0 fully saturated rings. The van der Waals surface area contributed by atoms with Gasteiger partial charge in [0.15, 0.2) is 0 Å². The molecule has 0 unspecified atom stereocenters. The summed E-state index contributed by atoms with van der Waals surface area (Å²) < 4.78 is 10.3. The Bertz CT molecular complexity index is 444. The van der Waals surface area contributed by atoms with Crippen molar-refractivity contribution < 1.29 is 14.3 Å². The van der Waals surface area contributed by atoms with Crippen molar-refractivity contribution in [3.63, 3.8) is 0 Å². The number of ether oxygens (including phenoxy) is 2. The molecular weight excluding hydrogens is 240 g/mol. The predicted molar refractivity (Wildman–Crippen MR) is 77.1 cm³/mol. The second kappa shape index (κ2) is 7.62. The summed E-state index contributed by atoms with van der Waals surface area (Å²) in [5.41, 5.74) is 2.76. The summed E-state index contributed by atoms with van der Waals surface area (Å²) in [7, 11) is 1.64. The molecule has 0 radical (unpaired) electrons. The van der Waals surface area contributed by atoms with Crippen LogP contribution in [0.25, 0.3) is 5.57 Å². The minimum atomic E-state index is -0.210. The second-order valence-corrected chi connectivity index (χ2v) is 4.30. The maximum atomic E-state index is 12.0. The Hall–Kier alpha value is -1.77. The van der Waals surface area contributed by atoms with Crippen LogP contribution in [-0.4, -0.2) is 19.7 Å². The number of carbonyl (C=O) groups is 1. The molecule has 0 spiro atoms. The van der Waals surface area contributed by atoms with Crippen molar-refractivity contribution in [3.05, 3.63) is 35.4 Å². The van der Waals surface area contributed by atoms with Crippen molar-refractivity contribution in [1.29, 1.82) is 0 Å². The Morgan fingerprint density at radius 2 is 1.79 bits per heavy atom. The number of hydrogen-bond acceptors (Lipinski definition) is 3. The van der Waals surface area contributed by atoms with E-state index >= 15 is 0 Å². The highest BCUT2D eigenvalue weighted by Crippen LogP contribution is 2.24. The summed E-state index contributed by atoms with van der Waals surface area (Å²) in [4.78, 5) is 12.0. The Balaban J connectivity index is 3.08. The summed E-state index contributed by atoms with van der Waals surface area (Å²) in [5.74, 6) is 0.599. The third-order valence-electron chi connectivity index (χ3n) is 3.00. The fraction of sp³-hybridized carbons (Fsp3) is 0.438. The molecule has 1 aromatic rings. The minimum Gasteiger partial charge on any atom is -0.497 e. The number of allylic oxidation sites excluding steroid dienone is 1. The predicted octanol–water partition coefficient (Wildman–Crippen LogP) is 3.83. The quantitative estimate of drug-likeness (QED) is 0.577. The lowest BCUT2D eigenvalue weighted by molar-refractivity contribution is -0.138. The lowest BCUT2D eigenvalue weighted by Gasteiger charge is -2.11. The monoisotopic (exact) mass is 262 g/mol. The molecule has 19 heavy (non-hydrogen) atoms. The fourth-order valence-corrected chi connectivity index (χ4v) is 1.93. The maximum absolute atomic E-state index is 12.0. The molecule has 0 aliphatic rings. The molecule has 104 valence electrons. The van der Waals surface area contributed by atoms with Gasteiger partial charge in [0, 0.05) is 5.57 Å². The smallest absolute Gasteiger partial charge is 0.334 e. The van der Waals surface area contributed by atoms with Gasteiger partial charge in [-0.15, -0.1) is 0 Å². The van der Waals surface area contributed by atoms with Crippen LogP contribution in [0.2, 0.25) is 0 Å². The van der Waals surface area contributed by atoms with Crippen LogP contribution in [0, 0.1) is 0 Å². The van der Waals surface area contributed by atoms with Crippen molar-refractivity contribution in [2.24, 2.45) is 0 Å². The number of hydrogen-bond donors (Lipinski definition) is 0. The van der Waals surface area contributed by atoms with Crippen LogP contribution in [0.1, 0.15) is 39.2 Å². The number of rotatable bonds is 6. The van der Waals surface area contributed by atoms with Crippen LogP contribution >= 0.6 is 0 Å². The van der Waals surface area contributed by atoms with Crippen molar-refractivity contribution >= 4 is 11.5 Å². The van der Waals surface area contributed by atoms with Crippen LogP contribution in [0.3, 0.4) is 0 Å². The van der Waals surface area contributed by atoms with Crippen molar-refractivity contribution in [1.82, 2.24) is 0 Å². The van der Waals surface area contributed by atoms with Gasteiger partial charge in [-0.1, -0.05) is 25.5 Å². The summed E-state index contributed by atoms with van der Waals surface area (Å²) in [6.07, 6.45) is 1.65. The first-order valence-electron chi connectivity index (χ1n) is 6.65. The lowest BCUT2D eigenvalue weighted by Crippen LogP contribution is -2.09. The SMILES string of the molecule is CCC/C(C(=O)OCC)=C(/C)c1ccc(OC)cc1. The van der Waals surface area contributed by atoms with Gasteiger partial charge < -0.3 is 9.47 Å². The molecule has 0 amide bonds. The van der Waals surface area contributed by atoms with Crippen LogP contribution in [0.5, 0.6) is 5.75 Å². The molecule has 0 heterocycles. The number of methoxy groups -OCH3 is 1. The van der Waals surface area contributed by atoms with Gasteiger partial charge >= 0.3 is 5.97 Å².